The minimum Gasteiger partial charge on any atom is -0.353 e. The molecule has 0 aromatic heterocycles. The minimum absolute atomic E-state index is 0.0258. The third-order valence-electron chi connectivity index (χ3n) is 3.39. The number of hydrogen-bond donors (Lipinski definition) is 1. The van der Waals surface area contributed by atoms with Crippen molar-refractivity contribution in [2.24, 2.45) is 0 Å². The lowest BCUT2D eigenvalue weighted by molar-refractivity contribution is -0.121. The summed E-state index contributed by atoms with van der Waals surface area (Å²) in [4.78, 5) is 11.9. The van der Waals surface area contributed by atoms with Crippen LogP contribution in [-0.2, 0) is 17.6 Å². The van der Waals surface area contributed by atoms with Crippen LogP contribution in [0.15, 0.2) is 54.6 Å². The van der Waals surface area contributed by atoms with Gasteiger partial charge in [0.05, 0.1) is 6.42 Å². The SMILES string of the molecule is CC(CCc1ccccc1)NC(=O)Cc1ccc(F)cc1. The Morgan fingerprint density at radius 1 is 1.05 bits per heavy atom. The molecule has 21 heavy (non-hydrogen) atoms. The zero-order valence-electron chi connectivity index (χ0n) is 12.2. The molecule has 110 valence electrons. The molecule has 0 heterocycles. The summed E-state index contributed by atoms with van der Waals surface area (Å²) < 4.78 is 12.8. The number of carbonyl (C=O) groups excluding carboxylic acids is 1. The second kappa shape index (κ2) is 7.58. The van der Waals surface area contributed by atoms with Gasteiger partial charge in [-0.05, 0) is 43.0 Å². The Hall–Kier alpha value is -2.16. The van der Waals surface area contributed by atoms with Crippen LogP contribution >= 0.6 is 0 Å². The van der Waals surface area contributed by atoms with Crippen molar-refractivity contribution >= 4 is 5.91 Å². The second-order valence-corrected chi connectivity index (χ2v) is 5.30. The molecule has 0 spiro atoms. The number of hydrogen-bond acceptors (Lipinski definition) is 1. The molecule has 3 heteroatoms. The van der Waals surface area contributed by atoms with Crippen LogP contribution in [0.3, 0.4) is 0 Å². The molecule has 2 nitrogen and oxygen atoms in total. The normalized spacial score (nSPS) is 11.9. The van der Waals surface area contributed by atoms with Crippen molar-refractivity contribution in [3.63, 3.8) is 0 Å². The van der Waals surface area contributed by atoms with Crippen molar-refractivity contribution in [3.8, 4) is 0 Å². The topological polar surface area (TPSA) is 29.1 Å². The fourth-order valence-corrected chi connectivity index (χ4v) is 2.21. The highest BCUT2D eigenvalue weighted by Gasteiger charge is 2.08. The van der Waals surface area contributed by atoms with E-state index in [-0.39, 0.29) is 24.2 Å². The fraction of sp³-hybridized carbons (Fsp3) is 0.278. The van der Waals surface area contributed by atoms with Gasteiger partial charge in [-0.15, -0.1) is 0 Å². The molecule has 0 aliphatic carbocycles. The van der Waals surface area contributed by atoms with Crippen molar-refractivity contribution in [2.45, 2.75) is 32.2 Å². The van der Waals surface area contributed by atoms with Crippen molar-refractivity contribution in [1.29, 1.82) is 0 Å². The number of halogens is 1. The number of nitrogens with one attached hydrogen (secondary N) is 1. The summed E-state index contributed by atoms with van der Waals surface area (Å²) in [5.41, 5.74) is 2.10. The molecule has 1 unspecified atom stereocenters. The Morgan fingerprint density at radius 3 is 2.38 bits per heavy atom. The summed E-state index contributed by atoms with van der Waals surface area (Å²) in [6.45, 7) is 2.01. The summed E-state index contributed by atoms with van der Waals surface area (Å²) in [6, 6.07) is 16.4. The van der Waals surface area contributed by atoms with Crippen molar-refractivity contribution < 1.29 is 9.18 Å². The Morgan fingerprint density at radius 2 is 1.71 bits per heavy atom. The molecular weight excluding hydrogens is 265 g/mol. The Kier molecular flexibility index (Phi) is 5.50. The Balaban J connectivity index is 1.75. The fourth-order valence-electron chi connectivity index (χ4n) is 2.21. The van der Waals surface area contributed by atoms with Crippen LogP contribution in [0.1, 0.15) is 24.5 Å². The molecule has 0 fully saturated rings. The molecule has 1 N–H and O–H groups in total. The van der Waals surface area contributed by atoms with E-state index < -0.39 is 0 Å². The number of amides is 1. The van der Waals surface area contributed by atoms with E-state index in [1.165, 1.54) is 17.7 Å². The molecule has 0 saturated heterocycles. The van der Waals surface area contributed by atoms with Crippen LogP contribution in [0, 0.1) is 5.82 Å². The minimum atomic E-state index is -0.282. The number of rotatable bonds is 6. The first-order valence-corrected chi connectivity index (χ1v) is 7.21. The van der Waals surface area contributed by atoms with Gasteiger partial charge >= 0.3 is 0 Å². The maximum atomic E-state index is 12.8. The highest BCUT2D eigenvalue weighted by molar-refractivity contribution is 5.78. The van der Waals surface area contributed by atoms with Gasteiger partial charge in [-0.25, -0.2) is 4.39 Å². The lowest BCUT2D eigenvalue weighted by atomic mass is 10.1. The van der Waals surface area contributed by atoms with Crippen LogP contribution in [0.2, 0.25) is 0 Å². The second-order valence-electron chi connectivity index (χ2n) is 5.30. The van der Waals surface area contributed by atoms with Gasteiger partial charge in [0.1, 0.15) is 5.82 Å². The van der Waals surface area contributed by atoms with Gasteiger partial charge in [0.25, 0.3) is 0 Å². The van der Waals surface area contributed by atoms with Crippen molar-refractivity contribution in [2.75, 3.05) is 0 Å². The quantitative estimate of drug-likeness (QED) is 0.864. The highest BCUT2D eigenvalue weighted by Crippen LogP contribution is 2.06. The van der Waals surface area contributed by atoms with Gasteiger partial charge in [0, 0.05) is 6.04 Å². The molecule has 1 amide bonds. The van der Waals surface area contributed by atoms with Gasteiger partial charge < -0.3 is 5.32 Å². The smallest absolute Gasteiger partial charge is 0.224 e. The summed E-state index contributed by atoms with van der Waals surface area (Å²) in [5, 5.41) is 2.98. The van der Waals surface area contributed by atoms with E-state index in [4.69, 9.17) is 0 Å². The van der Waals surface area contributed by atoms with E-state index in [0.717, 1.165) is 18.4 Å². The van der Waals surface area contributed by atoms with Crippen LogP contribution in [-0.4, -0.2) is 11.9 Å². The number of aryl methyl sites for hydroxylation is 1. The van der Waals surface area contributed by atoms with Crippen LogP contribution in [0.5, 0.6) is 0 Å². The maximum Gasteiger partial charge on any atom is 0.224 e. The molecule has 0 bridgehead atoms. The van der Waals surface area contributed by atoms with Gasteiger partial charge in [0.15, 0.2) is 0 Å². The first kappa shape index (κ1) is 15.2. The Labute approximate surface area is 125 Å². The van der Waals surface area contributed by atoms with Gasteiger partial charge in [-0.2, -0.15) is 0 Å². The monoisotopic (exact) mass is 285 g/mol. The molecule has 0 saturated carbocycles. The summed E-state index contributed by atoms with van der Waals surface area (Å²) in [7, 11) is 0. The molecule has 2 aromatic rings. The van der Waals surface area contributed by atoms with Crippen molar-refractivity contribution in [1.82, 2.24) is 5.32 Å². The molecule has 1 atom stereocenters. The molecule has 2 rings (SSSR count). The third-order valence-corrected chi connectivity index (χ3v) is 3.39. The van der Waals surface area contributed by atoms with E-state index in [1.807, 2.05) is 25.1 Å². The largest absolute Gasteiger partial charge is 0.353 e. The predicted molar refractivity (Wildman–Crippen MR) is 82.5 cm³/mol. The number of benzene rings is 2. The molecule has 0 aliphatic rings. The van der Waals surface area contributed by atoms with E-state index in [9.17, 15) is 9.18 Å². The van der Waals surface area contributed by atoms with Crippen molar-refractivity contribution in [3.05, 3.63) is 71.5 Å². The zero-order valence-corrected chi connectivity index (χ0v) is 12.2. The van der Waals surface area contributed by atoms with Crippen LogP contribution in [0.4, 0.5) is 4.39 Å². The average molecular weight is 285 g/mol. The lowest BCUT2D eigenvalue weighted by Crippen LogP contribution is -2.34. The first-order valence-electron chi connectivity index (χ1n) is 7.21. The van der Waals surface area contributed by atoms with E-state index in [0.29, 0.717) is 0 Å². The van der Waals surface area contributed by atoms with E-state index in [2.05, 4.69) is 17.4 Å². The van der Waals surface area contributed by atoms with Gasteiger partial charge in [-0.3, -0.25) is 4.79 Å². The van der Waals surface area contributed by atoms with Gasteiger partial charge in [0.2, 0.25) is 5.91 Å². The summed E-state index contributed by atoms with van der Waals surface area (Å²) >= 11 is 0. The highest BCUT2D eigenvalue weighted by atomic mass is 19.1. The van der Waals surface area contributed by atoms with E-state index >= 15 is 0 Å². The zero-order chi connectivity index (χ0) is 15.1. The standard InChI is InChI=1S/C18H20FNO/c1-14(7-8-15-5-3-2-4-6-15)20-18(21)13-16-9-11-17(19)12-10-16/h2-6,9-12,14H,7-8,13H2,1H3,(H,20,21). The maximum absolute atomic E-state index is 12.8. The first-order chi connectivity index (χ1) is 10.1. The Bertz CT molecular complexity index is 566. The molecule has 0 aliphatic heterocycles. The summed E-state index contributed by atoms with van der Waals surface area (Å²) in [5.74, 6) is -0.308. The predicted octanol–water partition coefficient (Wildman–Crippen LogP) is 3.51. The van der Waals surface area contributed by atoms with Crippen LogP contribution in [0.25, 0.3) is 0 Å². The lowest BCUT2D eigenvalue weighted by Gasteiger charge is -2.14. The molecular formula is C18H20FNO. The molecule has 0 radical (unpaired) electrons. The van der Waals surface area contributed by atoms with Gasteiger partial charge in [-0.1, -0.05) is 42.5 Å². The average Bonchev–Trinajstić information content (AvgIpc) is 2.48. The van der Waals surface area contributed by atoms with Crippen LogP contribution < -0.4 is 5.32 Å². The summed E-state index contributed by atoms with van der Waals surface area (Å²) in [6.07, 6.45) is 2.13. The number of carbonyl (C=O) groups is 1. The van der Waals surface area contributed by atoms with E-state index in [1.54, 1.807) is 12.1 Å². The third kappa shape index (κ3) is 5.38. The molecule has 2 aromatic carbocycles.